The van der Waals surface area contributed by atoms with E-state index < -0.39 is 5.69 Å². The molecule has 0 aromatic carbocycles. The van der Waals surface area contributed by atoms with Crippen molar-refractivity contribution in [3.8, 4) is 0 Å². The lowest BCUT2D eigenvalue weighted by atomic mass is 10.5. The number of nitrogens with two attached hydrogens (primary N) is 2. The van der Waals surface area contributed by atoms with Crippen LogP contribution in [0.2, 0.25) is 0 Å². The zero-order valence-corrected chi connectivity index (χ0v) is 11.2. The summed E-state index contributed by atoms with van der Waals surface area (Å²) in [6, 6.07) is 0. The van der Waals surface area contributed by atoms with Crippen molar-refractivity contribution in [1.29, 1.82) is 0 Å². The van der Waals surface area contributed by atoms with E-state index >= 15 is 0 Å². The van der Waals surface area contributed by atoms with Crippen LogP contribution >= 0.6 is 0 Å². The molecule has 0 saturated heterocycles. The number of fused-ring (bicyclic) bond motifs is 1. The fourth-order valence-corrected chi connectivity index (χ4v) is 1.88. The minimum atomic E-state index is -0.411. The summed E-state index contributed by atoms with van der Waals surface area (Å²) in [6.45, 7) is 0.843. The first-order valence-corrected chi connectivity index (χ1v) is 5.86. The molecule has 0 bridgehead atoms. The summed E-state index contributed by atoms with van der Waals surface area (Å²) >= 11 is 0. The quantitative estimate of drug-likeness (QED) is 0.239. The van der Waals surface area contributed by atoms with Gasteiger partial charge >= 0.3 is 5.69 Å². The van der Waals surface area contributed by atoms with Crippen molar-refractivity contribution in [3.05, 3.63) is 27.2 Å². The van der Waals surface area contributed by atoms with Gasteiger partial charge in [-0.2, -0.15) is 0 Å². The molecule has 2 rings (SSSR count). The molecule has 108 valence electrons. The molecule has 5 N–H and O–H groups in total. The van der Waals surface area contributed by atoms with Crippen LogP contribution in [0, 0.1) is 0 Å². The van der Waals surface area contributed by atoms with Gasteiger partial charge in [0.2, 0.25) is 5.96 Å². The number of aromatic nitrogens is 4. The third-order valence-electron chi connectivity index (χ3n) is 2.89. The maximum atomic E-state index is 12.1. The number of nitrogens with one attached hydrogen (secondary N) is 1. The number of aryl methyl sites for hydroxylation is 1. The number of imidazole rings is 1. The Bertz CT molecular complexity index is 777. The summed E-state index contributed by atoms with van der Waals surface area (Å²) in [5, 5.41) is 3.63. The van der Waals surface area contributed by atoms with Crippen LogP contribution in [0.25, 0.3) is 11.2 Å². The Morgan fingerprint density at radius 1 is 1.35 bits per heavy atom. The van der Waals surface area contributed by atoms with Gasteiger partial charge in [-0.05, 0) is 0 Å². The Kier molecular flexibility index (Phi) is 3.46. The molecule has 0 amide bonds. The van der Waals surface area contributed by atoms with E-state index in [4.69, 9.17) is 11.5 Å². The topological polar surface area (TPSA) is 138 Å². The molecule has 0 radical (unpaired) electrons. The molecule has 2 aromatic rings. The monoisotopic (exact) mass is 280 g/mol. The van der Waals surface area contributed by atoms with Crippen molar-refractivity contribution >= 4 is 17.1 Å². The molecule has 0 aliphatic rings. The minimum absolute atomic E-state index is 0.0706. The van der Waals surface area contributed by atoms with Crippen molar-refractivity contribution in [2.45, 2.75) is 6.54 Å². The molecule has 0 atom stereocenters. The zero-order valence-electron chi connectivity index (χ0n) is 11.2. The highest BCUT2D eigenvalue weighted by atomic mass is 16.2. The van der Waals surface area contributed by atoms with Gasteiger partial charge < -0.3 is 21.5 Å². The SMILES string of the molecule is Cn1c(=O)c2c(ncn2CCNN=C(N)N)n(C)c1=O. The van der Waals surface area contributed by atoms with Crippen molar-refractivity contribution in [2.24, 2.45) is 30.7 Å². The number of nitrogens with zero attached hydrogens (tertiary/aromatic N) is 5. The average molecular weight is 280 g/mol. The summed E-state index contributed by atoms with van der Waals surface area (Å²) in [5.41, 5.74) is 12.9. The lowest BCUT2D eigenvalue weighted by Crippen LogP contribution is -2.37. The molecular formula is C10H16N8O2. The number of hydrogen-bond acceptors (Lipinski definition) is 5. The molecule has 0 aliphatic carbocycles. The molecule has 2 aromatic heterocycles. The lowest BCUT2D eigenvalue weighted by Gasteiger charge is -2.06. The van der Waals surface area contributed by atoms with Crippen LogP contribution < -0.4 is 28.1 Å². The number of guanidine groups is 1. The highest BCUT2D eigenvalue weighted by molar-refractivity contribution is 5.75. The lowest BCUT2D eigenvalue weighted by molar-refractivity contribution is 0.623. The first-order chi connectivity index (χ1) is 9.43. The van der Waals surface area contributed by atoms with Crippen LogP contribution in [0.15, 0.2) is 21.0 Å². The highest BCUT2D eigenvalue weighted by Gasteiger charge is 2.13. The van der Waals surface area contributed by atoms with Crippen LogP contribution in [0.5, 0.6) is 0 Å². The van der Waals surface area contributed by atoms with Crippen molar-refractivity contribution in [1.82, 2.24) is 24.1 Å². The average Bonchev–Trinajstić information content (AvgIpc) is 2.82. The van der Waals surface area contributed by atoms with Crippen LogP contribution in [0.4, 0.5) is 0 Å². The summed E-state index contributed by atoms with van der Waals surface area (Å²) in [5.74, 6) is -0.0706. The fraction of sp³-hybridized carbons (Fsp3) is 0.400. The molecule has 0 unspecified atom stereocenters. The van der Waals surface area contributed by atoms with Crippen LogP contribution in [0.1, 0.15) is 0 Å². The molecular weight excluding hydrogens is 264 g/mol. The molecule has 0 aliphatic heterocycles. The zero-order chi connectivity index (χ0) is 14.9. The van der Waals surface area contributed by atoms with Crippen molar-refractivity contribution < 1.29 is 0 Å². The van der Waals surface area contributed by atoms with E-state index in [9.17, 15) is 9.59 Å². The van der Waals surface area contributed by atoms with Gasteiger partial charge in [0.1, 0.15) is 0 Å². The summed E-state index contributed by atoms with van der Waals surface area (Å²) in [6.07, 6.45) is 1.50. The van der Waals surface area contributed by atoms with E-state index in [-0.39, 0.29) is 11.5 Å². The van der Waals surface area contributed by atoms with Gasteiger partial charge in [-0.15, -0.1) is 5.10 Å². The molecule has 0 fully saturated rings. The molecule has 10 nitrogen and oxygen atoms in total. The van der Waals surface area contributed by atoms with Gasteiger partial charge in [0.25, 0.3) is 5.56 Å². The predicted octanol–water partition coefficient (Wildman–Crippen LogP) is -2.79. The van der Waals surface area contributed by atoms with Crippen LogP contribution in [-0.4, -0.2) is 31.2 Å². The van der Waals surface area contributed by atoms with E-state index in [1.54, 1.807) is 11.6 Å². The second-order valence-electron chi connectivity index (χ2n) is 4.26. The first kappa shape index (κ1) is 13.6. The Morgan fingerprint density at radius 3 is 2.70 bits per heavy atom. The van der Waals surface area contributed by atoms with E-state index in [2.05, 4.69) is 15.5 Å². The largest absolute Gasteiger partial charge is 0.369 e. The van der Waals surface area contributed by atoms with Gasteiger partial charge in [0.05, 0.1) is 12.9 Å². The Morgan fingerprint density at radius 2 is 2.05 bits per heavy atom. The summed E-state index contributed by atoms with van der Waals surface area (Å²) in [7, 11) is 3.00. The Balaban J connectivity index is 2.40. The fourth-order valence-electron chi connectivity index (χ4n) is 1.88. The van der Waals surface area contributed by atoms with Gasteiger partial charge in [-0.3, -0.25) is 13.9 Å². The Labute approximate surface area is 113 Å². The maximum absolute atomic E-state index is 12.1. The molecule has 0 saturated carbocycles. The molecule has 20 heavy (non-hydrogen) atoms. The smallest absolute Gasteiger partial charge is 0.332 e. The van der Waals surface area contributed by atoms with E-state index in [1.807, 2.05) is 0 Å². The third-order valence-corrected chi connectivity index (χ3v) is 2.89. The molecule has 2 heterocycles. The van der Waals surface area contributed by atoms with E-state index in [1.165, 1.54) is 17.9 Å². The molecule has 0 spiro atoms. The van der Waals surface area contributed by atoms with E-state index in [0.717, 1.165) is 4.57 Å². The third kappa shape index (κ3) is 2.22. The van der Waals surface area contributed by atoms with Gasteiger partial charge in [0, 0.05) is 20.6 Å². The standard InChI is InChI=1S/C10H16N8O2/c1-16-7-6(8(19)17(2)10(16)20)18(5-13-7)4-3-14-15-9(11)12/h5,14H,3-4H2,1-2H3,(H4,11,12,15). The number of rotatable bonds is 4. The summed E-state index contributed by atoms with van der Waals surface area (Å²) in [4.78, 5) is 28.0. The highest BCUT2D eigenvalue weighted by Crippen LogP contribution is 2.04. The number of hydrogen-bond donors (Lipinski definition) is 3. The van der Waals surface area contributed by atoms with Crippen molar-refractivity contribution in [3.63, 3.8) is 0 Å². The van der Waals surface area contributed by atoms with Gasteiger partial charge in [-0.1, -0.05) is 0 Å². The van der Waals surface area contributed by atoms with Gasteiger partial charge in [0.15, 0.2) is 11.2 Å². The Hall–Kier alpha value is -2.78. The second kappa shape index (κ2) is 5.07. The van der Waals surface area contributed by atoms with Crippen LogP contribution in [-0.2, 0) is 20.6 Å². The maximum Gasteiger partial charge on any atom is 0.332 e. The first-order valence-electron chi connectivity index (χ1n) is 5.86. The number of hydrazone groups is 1. The van der Waals surface area contributed by atoms with Gasteiger partial charge in [-0.25, -0.2) is 9.78 Å². The molecule has 10 heteroatoms. The normalized spacial score (nSPS) is 10.7. The second-order valence-corrected chi connectivity index (χ2v) is 4.26. The van der Waals surface area contributed by atoms with E-state index in [0.29, 0.717) is 24.3 Å². The predicted molar refractivity (Wildman–Crippen MR) is 74.0 cm³/mol. The van der Waals surface area contributed by atoms with Crippen molar-refractivity contribution in [2.75, 3.05) is 6.54 Å². The minimum Gasteiger partial charge on any atom is -0.369 e. The summed E-state index contributed by atoms with van der Waals surface area (Å²) < 4.78 is 4.02. The van der Waals surface area contributed by atoms with Crippen LogP contribution in [0.3, 0.4) is 0 Å².